The van der Waals surface area contributed by atoms with Gasteiger partial charge < -0.3 is 15.2 Å². The highest BCUT2D eigenvalue weighted by atomic mass is 16.5. The maximum absolute atomic E-state index is 11.7. The van der Waals surface area contributed by atoms with Gasteiger partial charge in [-0.2, -0.15) is 5.10 Å². The molecule has 134 valence electrons. The van der Waals surface area contributed by atoms with Crippen LogP contribution in [0.4, 0.5) is 0 Å². The molecule has 0 unspecified atom stereocenters. The third-order valence-electron chi connectivity index (χ3n) is 3.29. The van der Waals surface area contributed by atoms with Gasteiger partial charge in [0.15, 0.2) is 11.5 Å². The van der Waals surface area contributed by atoms with Crippen LogP contribution in [-0.4, -0.2) is 36.8 Å². The Morgan fingerprint density at radius 3 is 2.65 bits per heavy atom. The molecule has 0 radical (unpaired) electrons. The van der Waals surface area contributed by atoms with Crippen molar-refractivity contribution < 1.29 is 19.4 Å². The molecular weight excluding hydrogens is 334 g/mol. The zero-order valence-electron chi connectivity index (χ0n) is 14.2. The Labute approximate surface area is 151 Å². The summed E-state index contributed by atoms with van der Waals surface area (Å²) >= 11 is 0. The summed E-state index contributed by atoms with van der Waals surface area (Å²) < 4.78 is 4.98. The van der Waals surface area contributed by atoms with Crippen LogP contribution in [0.1, 0.15) is 11.1 Å². The molecule has 0 fully saturated rings. The summed E-state index contributed by atoms with van der Waals surface area (Å²) in [7, 11) is 1.44. The summed E-state index contributed by atoms with van der Waals surface area (Å²) in [5.74, 6) is -0.659. The number of hydrogen-bond acceptors (Lipinski definition) is 5. The molecule has 0 spiro atoms. The van der Waals surface area contributed by atoms with E-state index in [1.165, 1.54) is 19.4 Å². The number of carbonyl (C=O) groups excluding carboxylic acids is 2. The maximum Gasteiger partial charge on any atom is 0.259 e. The highest BCUT2D eigenvalue weighted by Crippen LogP contribution is 2.27. The minimum absolute atomic E-state index is 0.0765. The summed E-state index contributed by atoms with van der Waals surface area (Å²) in [4.78, 5) is 23.3. The van der Waals surface area contributed by atoms with E-state index >= 15 is 0 Å². The summed E-state index contributed by atoms with van der Waals surface area (Å²) in [6.45, 7) is -0.223. The van der Waals surface area contributed by atoms with Gasteiger partial charge >= 0.3 is 0 Å². The average molecular weight is 353 g/mol. The molecule has 2 aromatic carbocycles. The molecule has 7 heteroatoms. The van der Waals surface area contributed by atoms with Gasteiger partial charge in [0.2, 0.25) is 5.91 Å². The number of ether oxygens (including phenoxy) is 1. The fourth-order valence-electron chi connectivity index (χ4n) is 1.98. The lowest BCUT2D eigenvalue weighted by Gasteiger charge is -2.05. The number of aromatic hydroxyl groups is 1. The van der Waals surface area contributed by atoms with Crippen molar-refractivity contribution in [2.75, 3.05) is 13.7 Å². The van der Waals surface area contributed by atoms with Crippen molar-refractivity contribution in [1.29, 1.82) is 0 Å². The number of phenols is 1. The lowest BCUT2D eigenvalue weighted by Crippen LogP contribution is -2.34. The lowest BCUT2D eigenvalue weighted by molar-refractivity contribution is -0.123. The van der Waals surface area contributed by atoms with Crippen LogP contribution in [0.25, 0.3) is 6.08 Å². The van der Waals surface area contributed by atoms with Gasteiger partial charge in [0, 0.05) is 11.6 Å². The third-order valence-corrected chi connectivity index (χ3v) is 3.29. The fourth-order valence-corrected chi connectivity index (χ4v) is 1.98. The number of benzene rings is 2. The van der Waals surface area contributed by atoms with Gasteiger partial charge in [0.05, 0.1) is 19.9 Å². The molecule has 2 rings (SSSR count). The molecule has 0 aliphatic heterocycles. The van der Waals surface area contributed by atoms with E-state index in [1.54, 1.807) is 24.3 Å². The zero-order chi connectivity index (χ0) is 18.8. The number of methoxy groups -OCH3 is 1. The normalized spacial score (nSPS) is 10.8. The molecule has 3 N–H and O–H groups in total. The number of carbonyl (C=O) groups is 2. The van der Waals surface area contributed by atoms with E-state index in [-0.39, 0.29) is 12.3 Å². The predicted molar refractivity (Wildman–Crippen MR) is 98.9 cm³/mol. The first-order valence-corrected chi connectivity index (χ1v) is 7.79. The van der Waals surface area contributed by atoms with Gasteiger partial charge in [-0.1, -0.05) is 36.4 Å². The minimum atomic E-state index is -0.495. The molecule has 2 aromatic rings. The number of phenolic OH excluding ortho intramolecular Hbond substituents is 1. The predicted octanol–water partition coefficient (Wildman–Crippen LogP) is 1.68. The van der Waals surface area contributed by atoms with Crippen LogP contribution >= 0.6 is 0 Å². The van der Waals surface area contributed by atoms with Crippen molar-refractivity contribution in [3.8, 4) is 11.5 Å². The van der Waals surface area contributed by atoms with E-state index < -0.39 is 11.8 Å². The van der Waals surface area contributed by atoms with Gasteiger partial charge in [0.25, 0.3) is 5.91 Å². The van der Waals surface area contributed by atoms with Crippen LogP contribution in [0.2, 0.25) is 0 Å². The molecule has 2 amide bonds. The summed E-state index contributed by atoms with van der Waals surface area (Å²) in [6.07, 6.45) is 4.28. The van der Waals surface area contributed by atoms with Crippen LogP contribution in [0.5, 0.6) is 11.5 Å². The van der Waals surface area contributed by atoms with Crippen molar-refractivity contribution in [2.45, 2.75) is 0 Å². The molecule has 0 heterocycles. The number of nitrogens with one attached hydrogen (secondary N) is 2. The number of para-hydroxylation sites is 1. The Balaban J connectivity index is 1.78. The molecule has 0 bridgehead atoms. The molecule has 0 aliphatic rings. The second-order valence-corrected chi connectivity index (χ2v) is 5.15. The summed E-state index contributed by atoms with van der Waals surface area (Å²) in [5, 5.41) is 16.1. The Morgan fingerprint density at radius 2 is 1.92 bits per heavy atom. The summed E-state index contributed by atoms with van der Waals surface area (Å²) in [5.41, 5.74) is 3.54. The number of amides is 2. The SMILES string of the molecule is COc1cccc(/C=N/NC(=O)CNC(=O)/C=C/c2ccccc2)c1O. The first-order chi connectivity index (χ1) is 12.6. The van der Waals surface area contributed by atoms with E-state index in [2.05, 4.69) is 15.8 Å². The number of hydrogen-bond donors (Lipinski definition) is 3. The second-order valence-electron chi connectivity index (χ2n) is 5.15. The van der Waals surface area contributed by atoms with Crippen LogP contribution in [0.3, 0.4) is 0 Å². The Hall–Kier alpha value is -3.61. The third kappa shape index (κ3) is 5.79. The fraction of sp³-hybridized carbons (Fsp3) is 0.105. The van der Waals surface area contributed by atoms with E-state index in [9.17, 15) is 14.7 Å². The van der Waals surface area contributed by atoms with Gasteiger partial charge in [-0.05, 0) is 23.8 Å². The van der Waals surface area contributed by atoms with Gasteiger partial charge in [-0.25, -0.2) is 5.43 Å². The maximum atomic E-state index is 11.7. The molecule has 7 nitrogen and oxygen atoms in total. The van der Waals surface area contributed by atoms with Crippen molar-refractivity contribution in [3.05, 3.63) is 65.7 Å². The quantitative estimate of drug-likeness (QED) is 0.400. The van der Waals surface area contributed by atoms with Crippen LogP contribution in [-0.2, 0) is 9.59 Å². The highest BCUT2D eigenvalue weighted by molar-refractivity contribution is 5.94. The molecular formula is C19H19N3O4. The summed E-state index contributed by atoms with van der Waals surface area (Å²) in [6, 6.07) is 14.2. The Kier molecular flexibility index (Phi) is 6.93. The number of hydrazone groups is 1. The van der Waals surface area contributed by atoms with E-state index in [4.69, 9.17) is 4.74 Å². The largest absolute Gasteiger partial charge is 0.504 e. The Bertz CT molecular complexity index is 817. The smallest absolute Gasteiger partial charge is 0.259 e. The zero-order valence-corrected chi connectivity index (χ0v) is 14.2. The van der Waals surface area contributed by atoms with E-state index in [0.717, 1.165) is 5.56 Å². The van der Waals surface area contributed by atoms with Gasteiger partial charge in [-0.3, -0.25) is 9.59 Å². The topological polar surface area (TPSA) is 100 Å². The second kappa shape index (κ2) is 9.63. The molecule has 0 saturated heterocycles. The highest BCUT2D eigenvalue weighted by Gasteiger charge is 2.05. The van der Waals surface area contributed by atoms with Crippen molar-refractivity contribution in [3.63, 3.8) is 0 Å². The van der Waals surface area contributed by atoms with Crippen molar-refractivity contribution in [2.24, 2.45) is 5.10 Å². The van der Waals surface area contributed by atoms with Gasteiger partial charge in [-0.15, -0.1) is 0 Å². The number of nitrogens with zero attached hydrogens (tertiary/aromatic N) is 1. The molecule has 26 heavy (non-hydrogen) atoms. The average Bonchev–Trinajstić information content (AvgIpc) is 2.67. The van der Waals surface area contributed by atoms with Crippen molar-refractivity contribution >= 4 is 24.1 Å². The Morgan fingerprint density at radius 1 is 1.15 bits per heavy atom. The molecule has 0 atom stereocenters. The van der Waals surface area contributed by atoms with E-state index in [1.807, 2.05) is 30.3 Å². The monoisotopic (exact) mass is 353 g/mol. The first-order valence-electron chi connectivity index (χ1n) is 7.79. The van der Waals surface area contributed by atoms with Crippen LogP contribution < -0.4 is 15.5 Å². The van der Waals surface area contributed by atoms with Crippen molar-refractivity contribution in [1.82, 2.24) is 10.7 Å². The lowest BCUT2D eigenvalue weighted by atomic mass is 10.2. The standard InChI is InChI=1S/C19H19N3O4/c1-26-16-9-5-8-15(19(16)25)12-21-22-18(24)13-20-17(23)11-10-14-6-3-2-4-7-14/h2-12,25H,13H2,1H3,(H,20,23)(H,22,24)/b11-10+,21-12+. The van der Waals surface area contributed by atoms with Crippen LogP contribution in [0, 0.1) is 0 Å². The van der Waals surface area contributed by atoms with E-state index in [0.29, 0.717) is 11.3 Å². The first kappa shape index (κ1) is 18.7. The molecule has 0 saturated carbocycles. The molecule has 0 aliphatic carbocycles. The number of rotatable bonds is 7. The van der Waals surface area contributed by atoms with Crippen LogP contribution in [0.15, 0.2) is 59.7 Å². The minimum Gasteiger partial charge on any atom is -0.504 e. The molecule has 0 aromatic heterocycles. The van der Waals surface area contributed by atoms with Gasteiger partial charge in [0.1, 0.15) is 0 Å².